The highest BCUT2D eigenvalue weighted by atomic mass is 16.6. The van der Waals surface area contributed by atoms with Crippen molar-refractivity contribution in [3.05, 3.63) is 24.3 Å². The van der Waals surface area contributed by atoms with Gasteiger partial charge in [0.15, 0.2) is 6.10 Å². The zero-order valence-corrected chi connectivity index (χ0v) is 50.8. The second kappa shape index (κ2) is 64.4. The lowest BCUT2D eigenvalue weighted by Gasteiger charge is -2.18. The summed E-state index contributed by atoms with van der Waals surface area (Å²) >= 11 is 0. The molecule has 1 unspecified atom stereocenters. The van der Waals surface area contributed by atoms with E-state index in [1.807, 2.05) is 0 Å². The Bertz CT molecular complexity index is 1210. The molecule has 75 heavy (non-hydrogen) atoms. The summed E-state index contributed by atoms with van der Waals surface area (Å²) in [4.78, 5) is 38.3. The minimum Gasteiger partial charge on any atom is -0.462 e. The van der Waals surface area contributed by atoms with Gasteiger partial charge in [-0.15, -0.1) is 0 Å². The van der Waals surface area contributed by atoms with Crippen LogP contribution in [0, 0.1) is 0 Å². The van der Waals surface area contributed by atoms with Gasteiger partial charge in [-0.1, -0.05) is 315 Å². The molecule has 0 saturated carbocycles. The predicted molar refractivity (Wildman–Crippen MR) is 326 cm³/mol. The van der Waals surface area contributed by atoms with Gasteiger partial charge in [0.2, 0.25) is 0 Å². The van der Waals surface area contributed by atoms with Crippen LogP contribution in [0.4, 0.5) is 0 Å². The topological polar surface area (TPSA) is 78.9 Å². The summed E-state index contributed by atoms with van der Waals surface area (Å²) in [5.74, 6) is -0.849. The van der Waals surface area contributed by atoms with E-state index in [4.69, 9.17) is 14.2 Å². The van der Waals surface area contributed by atoms with E-state index in [1.54, 1.807) is 0 Å². The van der Waals surface area contributed by atoms with E-state index in [1.165, 1.54) is 276 Å². The summed E-state index contributed by atoms with van der Waals surface area (Å²) in [6.45, 7) is 6.69. The predicted octanol–water partition coefficient (Wildman–Crippen LogP) is 23.0. The monoisotopic (exact) mass is 1050 g/mol. The second-order valence-corrected chi connectivity index (χ2v) is 23.1. The summed E-state index contributed by atoms with van der Waals surface area (Å²) in [7, 11) is 0. The molecule has 0 aliphatic heterocycles. The Kier molecular flexibility index (Phi) is 62.6. The van der Waals surface area contributed by atoms with Crippen molar-refractivity contribution < 1.29 is 28.6 Å². The number of allylic oxidation sites excluding steroid dienone is 4. The van der Waals surface area contributed by atoms with Crippen LogP contribution in [0.1, 0.15) is 380 Å². The van der Waals surface area contributed by atoms with Crippen LogP contribution in [0.5, 0.6) is 0 Å². The molecular weight excluding hydrogens is 925 g/mol. The number of esters is 3. The highest BCUT2D eigenvalue weighted by Crippen LogP contribution is 2.18. The molecule has 0 saturated heterocycles. The molecule has 0 rings (SSSR count). The molecule has 442 valence electrons. The molecule has 0 aromatic rings. The Morgan fingerprint density at radius 3 is 0.680 bits per heavy atom. The van der Waals surface area contributed by atoms with Gasteiger partial charge in [0.05, 0.1) is 0 Å². The van der Waals surface area contributed by atoms with Crippen LogP contribution in [-0.2, 0) is 28.6 Å². The summed E-state index contributed by atoms with van der Waals surface area (Å²) in [6, 6.07) is 0. The lowest BCUT2D eigenvalue weighted by atomic mass is 10.0. The first kappa shape index (κ1) is 72.9. The summed E-state index contributed by atoms with van der Waals surface area (Å²) in [5.41, 5.74) is 0. The number of ether oxygens (including phenoxy) is 3. The summed E-state index contributed by atoms with van der Waals surface area (Å²) in [6.07, 6.45) is 77.7. The maximum Gasteiger partial charge on any atom is 0.306 e. The normalized spacial score (nSPS) is 12.1. The highest BCUT2D eigenvalue weighted by molar-refractivity contribution is 5.71. The average molecular weight is 1060 g/mol. The van der Waals surface area contributed by atoms with Gasteiger partial charge in [-0.2, -0.15) is 0 Å². The van der Waals surface area contributed by atoms with Gasteiger partial charge in [-0.3, -0.25) is 14.4 Å². The quantitative estimate of drug-likeness (QED) is 0.0261. The molecule has 0 aliphatic rings. The Labute approximate surface area is 468 Å². The van der Waals surface area contributed by atoms with Gasteiger partial charge >= 0.3 is 17.9 Å². The molecule has 0 N–H and O–H groups in total. The molecule has 0 amide bonds. The third kappa shape index (κ3) is 62.6. The molecular formula is C69H130O6. The molecule has 0 bridgehead atoms. The maximum atomic E-state index is 12.9. The van der Waals surface area contributed by atoms with E-state index in [0.717, 1.165) is 64.2 Å². The van der Waals surface area contributed by atoms with Crippen molar-refractivity contribution in [3.8, 4) is 0 Å². The fourth-order valence-corrected chi connectivity index (χ4v) is 10.3. The van der Waals surface area contributed by atoms with E-state index in [-0.39, 0.29) is 31.1 Å². The average Bonchev–Trinajstić information content (AvgIpc) is 3.41. The number of hydrogen-bond acceptors (Lipinski definition) is 6. The Morgan fingerprint density at radius 1 is 0.253 bits per heavy atom. The highest BCUT2D eigenvalue weighted by Gasteiger charge is 2.19. The summed E-state index contributed by atoms with van der Waals surface area (Å²) in [5, 5.41) is 0. The first-order valence-electron chi connectivity index (χ1n) is 33.8. The van der Waals surface area contributed by atoms with Gasteiger partial charge < -0.3 is 14.2 Å². The fourth-order valence-electron chi connectivity index (χ4n) is 10.3. The van der Waals surface area contributed by atoms with Crippen molar-refractivity contribution in [1.82, 2.24) is 0 Å². The zero-order chi connectivity index (χ0) is 54.3. The van der Waals surface area contributed by atoms with Gasteiger partial charge in [-0.25, -0.2) is 0 Å². The molecule has 0 aromatic heterocycles. The largest absolute Gasteiger partial charge is 0.462 e. The van der Waals surface area contributed by atoms with Gasteiger partial charge in [0.1, 0.15) is 13.2 Å². The number of hydrogen-bond donors (Lipinski definition) is 0. The Morgan fingerprint density at radius 2 is 0.440 bits per heavy atom. The lowest BCUT2D eigenvalue weighted by molar-refractivity contribution is -0.167. The molecule has 0 fully saturated rings. The van der Waals surface area contributed by atoms with Crippen molar-refractivity contribution in [2.24, 2.45) is 0 Å². The summed E-state index contributed by atoms with van der Waals surface area (Å²) < 4.78 is 17.0. The molecule has 0 aromatic carbocycles. The van der Waals surface area contributed by atoms with Crippen molar-refractivity contribution in [2.75, 3.05) is 13.2 Å². The van der Waals surface area contributed by atoms with Gasteiger partial charge in [0, 0.05) is 19.3 Å². The second-order valence-electron chi connectivity index (χ2n) is 23.1. The Balaban J connectivity index is 4.23. The Hall–Kier alpha value is -2.11. The fraction of sp³-hybridized carbons (Fsp3) is 0.899. The van der Waals surface area contributed by atoms with E-state index >= 15 is 0 Å². The van der Waals surface area contributed by atoms with Crippen LogP contribution < -0.4 is 0 Å². The van der Waals surface area contributed by atoms with Crippen LogP contribution in [-0.4, -0.2) is 37.2 Å². The number of carbonyl (C=O) groups excluding carboxylic acids is 3. The number of rotatable bonds is 63. The van der Waals surface area contributed by atoms with Crippen LogP contribution in [0.2, 0.25) is 0 Å². The third-order valence-electron chi connectivity index (χ3n) is 15.4. The van der Waals surface area contributed by atoms with Gasteiger partial charge in [-0.05, 0) is 70.6 Å². The smallest absolute Gasteiger partial charge is 0.306 e. The molecule has 0 heterocycles. The first-order valence-corrected chi connectivity index (χ1v) is 33.8. The van der Waals surface area contributed by atoms with E-state index in [9.17, 15) is 14.4 Å². The van der Waals surface area contributed by atoms with Gasteiger partial charge in [0.25, 0.3) is 0 Å². The van der Waals surface area contributed by atoms with Crippen molar-refractivity contribution >= 4 is 17.9 Å². The van der Waals surface area contributed by atoms with Crippen LogP contribution in [0.25, 0.3) is 0 Å². The van der Waals surface area contributed by atoms with Crippen molar-refractivity contribution in [3.63, 3.8) is 0 Å². The van der Waals surface area contributed by atoms with E-state index < -0.39 is 6.10 Å². The molecule has 0 radical (unpaired) electrons. The van der Waals surface area contributed by atoms with E-state index in [2.05, 4.69) is 45.1 Å². The molecule has 0 aliphatic carbocycles. The van der Waals surface area contributed by atoms with Crippen molar-refractivity contribution in [2.45, 2.75) is 386 Å². The molecule has 6 heteroatoms. The standard InChI is InChI=1S/C69H130O6/c1-4-7-10-13-16-19-22-25-27-29-31-32-33-34-35-36-38-39-41-44-47-50-53-56-59-62-68(71)74-65-66(64-73-67(70)61-58-55-52-49-46-43-24-21-18-15-12-9-6-3)75-69(72)63-60-57-54-51-48-45-42-40-37-30-28-26-23-20-17-14-11-8-5-2/h21,24,29,31,66H,4-20,22-23,25-28,30,32-65H2,1-3H3/b24-21-,31-29-. The first-order chi connectivity index (χ1) is 37.0. The molecule has 6 nitrogen and oxygen atoms in total. The van der Waals surface area contributed by atoms with Crippen LogP contribution in [0.15, 0.2) is 24.3 Å². The minimum atomic E-state index is -0.771. The lowest BCUT2D eigenvalue weighted by Crippen LogP contribution is -2.30. The zero-order valence-electron chi connectivity index (χ0n) is 50.8. The van der Waals surface area contributed by atoms with Crippen molar-refractivity contribution in [1.29, 1.82) is 0 Å². The van der Waals surface area contributed by atoms with Crippen LogP contribution >= 0.6 is 0 Å². The number of carbonyl (C=O) groups is 3. The van der Waals surface area contributed by atoms with Crippen LogP contribution in [0.3, 0.4) is 0 Å². The van der Waals surface area contributed by atoms with E-state index in [0.29, 0.717) is 19.3 Å². The molecule has 1 atom stereocenters. The minimum absolute atomic E-state index is 0.0684. The number of unbranched alkanes of at least 4 members (excludes halogenated alkanes) is 48. The molecule has 0 spiro atoms. The third-order valence-corrected chi connectivity index (χ3v) is 15.4. The maximum absolute atomic E-state index is 12.9. The SMILES string of the molecule is CCCCCC/C=C\CCCCCCCC(=O)OCC(COC(=O)CCCCCCCCCCCCCCC/C=C\CCCCCCCCCC)OC(=O)CCCCCCCCCCCCCCCCCCCCC.